The molecule has 0 unspecified atom stereocenters. The van der Waals surface area contributed by atoms with Gasteiger partial charge in [0.1, 0.15) is 0 Å². The molecule has 0 fully saturated rings. The number of ether oxygens (including phenoxy) is 1. The molecule has 0 bridgehead atoms. The van der Waals surface area contributed by atoms with Gasteiger partial charge in [-0.25, -0.2) is 8.42 Å². The molecule has 1 aliphatic rings. The quantitative estimate of drug-likeness (QED) is 0.406. The Balaban J connectivity index is 1.98. The molecule has 3 rings (SSSR count). The Morgan fingerprint density at radius 3 is 2.74 bits per heavy atom. The maximum absolute atomic E-state index is 13.2. The maximum Gasteiger partial charge on any atom is 0.312 e. The van der Waals surface area contributed by atoms with Crippen molar-refractivity contribution in [2.45, 2.75) is 37.5 Å². The van der Waals surface area contributed by atoms with Crippen LogP contribution in [0, 0.1) is 10.1 Å². The minimum Gasteiger partial charge on any atom is -0.487 e. The molecule has 7 nitrogen and oxygen atoms in total. The van der Waals surface area contributed by atoms with Crippen molar-refractivity contribution in [3.63, 3.8) is 0 Å². The molecule has 1 heterocycles. The summed E-state index contributed by atoms with van der Waals surface area (Å²) in [5.41, 5.74) is 1.26. The average Bonchev–Trinajstić information content (AvgIpc) is 2.67. The van der Waals surface area contributed by atoms with E-state index in [0.29, 0.717) is 25.3 Å². The lowest BCUT2D eigenvalue weighted by Gasteiger charge is -2.30. The lowest BCUT2D eigenvalue weighted by Crippen LogP contribution is -2.35. The normalized spacial score (nSPS) is 13.9. The van der Waals surface area contributed by atoms with Gasteiger partial charge in [0.2, 0.25) is 0 Å². The second kappa shape index (κ2) is 7.96. The number of nitro benzene ring substituents is 1. The van der Waals surface area contributed by atoms with E-state index >= 15 is 0 Å². The third kappa shape index (κ3) is 3.90. The van der Waals surface area contributed by atoms with Gasteiger partial charge in [-0.3, -0.25) is 14.4 Å². The van der Waals surface area contributed by atoms with Crippen LogP contribution in [-0.2, 0) is 16.4 Å². The first-order valence-corrected chi connectivity index (χ1v) is 10.4. The Morgan fingerprint density at radius 2 is 2.00 bits per heavy atom. The van der Waals surface area contributed by atoms with Gasteiger partial charge in [0, 0.05) is 12.6 Å². The van der Waals surface area contributed by atoms with Gasteiger partial charge in [-0.15, -0.1) is 0 Å². The summed E-state index contributed by atoms with van der Waals surface area (Å²) in [6, 6.07) is 11.2. The molecule has 2 aromatic carbocycles. The van der Waals surface area contributed by atoms with Crippen molar-refractivity contribution in [1.29, 1.82) is 0 Å². The van der Waals surface area contributed by atoms with Gasteiger partial charge in [-0.2, -0.15) is 0 Å². The number of hydrogen-bond donors (Lipinski definition) is 0. The fourth-order valence-electron chi connectivity index (χ4n) is 3.12. The van der Waals surface area contributed by atoms with Crippen molar-refractivity contribution in [3.05, 3.63) is 58.1 Å². The highest BCUT2D eigenvalue weighted by atomic mass is 32.2. The van der Waals surface area contributed by atoms with Crippen molar-refractivity contribution < 1.29 is 18.1 Å². The topological polar surface area (TPSA) is 89.8 Å². The van der Waals surface area contributed by atoms with Crippen LogP contribution in [0.2, 0.25) is 0 Å². The predicted octanol–water partition coefficient (Wildman–Crippen LogP) is 3.92. The van der Waals surface area contributed by atoms with E-state index in [4.69, 9.17) is 4.74 Å². The second-order valence-corrected chi connectivity index (χ2v) is 8.26. The molecule has 2 aromatic rings. The minimum absolute atomic E-state index is 0.0893. The van der Waals surface area contributed by atoms with Crippen molar-refractivity contribution in [2.24, 2.45) is 0 Å². The van der Waals surface area contributed by atoms with E-state index in [9.17, 15) is 18.5 Å². The smallest absolute Gasteiger partial charge is 0.312 e. The zero-order valence-corrected chi connectivity index (χ0v) is 15.9. The van der Waals surface area contributed by atoms with Crippen molar-refractivity contribution in [1.82, 2.24) is 0 Å². The number of para-hydroxylation sites is 1. The Hall–Kier alpha value is -2.61. The van der Waals surface area contributed by atoms with E-state index in [-0.39, 0.29) is 16.3 Å². The number of rotatable bonds is 7. The Morgan fingerprint density at radius 1 is 1.22 bits per heavy atom. The lowest BCUT2D eigenvalue weighted by molar-refractivity contribution is -0.386. The number of sulfonamides is 1. The number of fused-ring (bicyclic) bond motifs is 1. The van der Waals surface area contributed by atoms with E-state index in [1.165, 1.54) is 16.4 Å². The van der Waals surface area contributed by atoms with E-state index < -0.39 is 14.9 Å². The Bertz CT molecular complexity index is 943. The van der Waals surface area contributed by atoms with Gasteiger partial charge >= 0.3 is 5.69 Å². The van der Waals surface area contributed by atoms with Gasteiger partial charge in [-0.1, -0.05) is 31.5 Å². The first kappa shape index (κ1) is 19.2. The summed E-state index contributed by atoms with van der Waals surface area (Å²) in [5, 5.41) is 11.4. The number of hydrogen-bond acceptors (Lipinski definition) is 5. The summed E-state index contributed by atoms with van der Waals surface area (Å²) in [4.78, 5) is 10.7. The molecule has 0 aliphatic carbocycles. The van der Waals surface area contributed by atoms with Crippen molar-refractivity contribution >= 4 is 21.4 Å². The van der Waals surface area contributed by atoms with E-state index in [0.717, 1.165) is 30.9 Å². The number of aryl methyl sites for hydroxylation is 1. The predicted molar refractivity (Wildman–Crippen MR) is 103 cm³/mol. The van der Waals surface area contributed by atoms with Crippen LogP contribution in [-0.4, -0.2) is 26.5 Å². The summed E-state index contributed by atoms with van der Waals surface area (Å²) in [5.74, 6) is 0.0893. The summed E-state index contributed by atoms with van der Waals surface area (Å²) in [6.07, 6.45) is 3.18. The van der Waals surface area contributed by atoms with Crippen LogP contribution in [0.15, 0.2) is 47.4 Å². The van der Waals surface area contributed by atoms with Crippen molar-refractivity contribution in [2.75, 3.05) is 17.5 Å². The Kier molecular flexibility index (Phi) is 5.65. The third-order valence-corrected chi connectivity index (χ3v) is 6.35. The summed E-state index contributed by atoms with van der Waals surface area (Å²) >= 11 is 0. The van der Waals surface area contributed by atoms with Crippen LogP contribution in [0.4, 0.5) is 11.4 Å². The molecule has 0 aromatic heterocycles. The van der Waals surface area contributed by atoms with Gasteiger partial charge < -0.3 is 4.74 Å². The van der Waals surface area contributed by atoms with Crippen LogP contribution >= 0.6 is 0 Å². The van der Waals surface area contributed by atoms with Gasteiger partial charge in [0.25, 0.3) is 10.0 Å². The molecule has 0 saturated carbocycles. The van der Waals surface area contributed by atoms with Gasteiger partial charge in [0.15, 0.2) is 5.75 Å². The highest BCUT2D eigenvalue weighted by Gasteiger charge is 2.31. The number of nitro groups is 1. The number of benzene rings is 2. The van der Waals surface area contributed by atoms with E-state index in [1.54, 1.807) is 12.1 Å². The number of anilines is 1. The van der Waals surface area contributed by atoms with E-state index in [2.05, 4.69) is 0 Å². The summed E-state index contributed by atoms with van der Waals surface area (Å²) in [7, 11) is -3.90. The minimum atomic E-state index is -3.90. The highest BCUT2D eigenvalue weighted by molar-refractivity contribution is 7.92. The highest BCUT2D eigenvalue weighted by Crippen LogP contribution is 2.35. The third-order valence-electron chi connectivity index (χ3n) is 4.54. The molecule has 1 aliphatic heterocycles. The molecule has 27 heavy (non-hydrogen) atoms. The first-order chi connectivity index (χ1) is 12.9. The van der Waals surface area contributed by atoms with Crippen LogP contribution in [0.3, 0.4) is 0 Å². The Labute approximate surface area is 158 Å². The molecule has 144 valence electrons. The van der Waals surface area contributed by atoms with Gasteiger partial charge in [-0.05, 0) is 43.0 Å². The summed E-state index contributed by atoms with van der Waals surface area (Å²) < 4.78 is 33.1. The first-order valence-electron chi connectivity index (χ1n) is 8.97. The standard InChI is InChI=1S/C19H22N2O5S/c1-2-3-13-26-19-11-10-16(14-18(19)21(22)23)27(24,25)20-12-6-8-15-7-4-5-9-17(15)20/h4-5,7,9-11,14H,2-3,6,8,12-13H2,1H3. The lowest BCUT2D eigenvalue weighted by atomic mass is 10.0. The summed E-state index contributed by atoms with van der Waals surface area (Å²) in [6.45, 7) is 2.69. The fourth-order valence-corrected chi connectivity index (χ4v) is 4.69. The SMILES string of the molecule is CCCCOc1ccc(S(=O)(=O)N2CCCc3ccccc32)cc1[N+](=O)[O-]. The van der Waals surface area contributed by atoms with Crippen LogP contribution < -0.4 is 9.04 Å². The average molecular weight is 390 g/mol. The number of unbranched alkanes of at least 4 members (excludes halogenated alkanes) is 1. The van der Waals surface area contributed by atoms with Crippen LogP contribution in [0.25, 0.3) is 0 Å². The van der Waals surface area contributed by atoms with Gasteiger partial charge in [0.05, 0.1) is 22.1 Å². The van der Waals surface area contributed by atoms with Crippen molar-refractivity contribution in [3.8, 4) is 5.75 Å². The van der Waals surface area contributed by atoms with E-state index in [1.807, 2.05) is 19.1 Å². The molecule has 0 saturated heterocycles. The molecule has 8 heteroatoms. The monoisotopic (exact) mass is 390 g/mol. The molecule has 0 spiro atoms. The molecule has 0 atom stereocenters. The fraction of sp³-hybridized carbons (Fsp3) is 0.368. The zero-order valence-electron chi connectivity index (χ0n) is 15.1. The van der Waals surface area contributed by atoms with Crippen LogP contribution in [0.1, 0.15) is 31.7 Å². The van der Waals surface area contributed by atoms with Crippen LogP contribution in [0.5, 0.6) is 5.75 Å². The molecular formula is C19H22N2O5S. The number of nitrogens with zero attached hydrogens (tertiary/aromatic N) is 2. The largest absolute Gasteiger partial charge is 0.487 e. The maximum atomic E-state index is 13.2. The molecule has 0 N–H and O–H groups in total. The molecule has 0 radical (unpaired) electrons. The second-order valence-electron chi connectivity index (χ2n) is 6.40. The molecular weight excluding hydrogens is 368 g/mol. The molecule has 0 amide bonds. The zero-order chi connectivity index (χ0) is 19.4.